The molecule has 240 valence electrons. The summed E-state index contributed by atoms with van der Waals surface area (Å²) in [6.07, 6.45) is 15.1. The number of rotatable bonds is 6. The molecule has 3 aliphatic heterocycles. The molecule has 4 aliphatic rings. The van der Waals surface area contributed by atoms with Gasteiger partial charge in [0.15, 0.2) is 23.0 Å². The lowest BCUT2D eigenvalue weighted by Gasteiger charge is -2.24. The summed E-state index contributed by atoms with van der Waals surface area (Å²) in [5.74, 6) is 0.702. The number of carbonyl (C=O) groups excluding carboxylic acids is 3. The van der Waals surface area contributed by atoms with Gasteiger partial charge < -0.3 is 33.2 Å². The summed E-state index contributed by atoms with van der Waals surface area (Å²) in [5.41, 5.74) is 1.52. The van der Waals surface area contributed by atoms with Gasteiger partial charge in [-0.2, -0.15) is 0 Å². The van der Waals surface area contributed by atoms with Crippen LogP contribution in [0.5, 0.6) is 23.0 Å². The number of carbonyl (C=O) groups is 3. The van der Waals surface area contributed by atoms with Crippen LogP contribution < -0.4 is 18.9 Å². The van der Waals surface area contributed by atoms with Gasteiger partial charge in [-0.15, -0.1) is 0 Å². The maximum absolute atomic E-state index is 13.1. The molecular formula is C36H36O10. The monoisotopic (exact) mass is 628 g/mol. The van der Waals surface area contributed by atoms with Gasteiger partial charge in [-0.25, -0.2) is 14.4 Å². The lowest BCUT2D eigenvalue weighted by molar-refractivity contribution is -0.146. The van der Waals surface area contributed by atoms with Crippen LogP contribution in [0.4, 0.5) is 0 Å². The topological polar surface area (TPSA) is 116 Å². The third kappa shape index (κ3) is 7.99. The highest BCUT2D eigenvalue weighted by molar-refractivity contribution is 5.88. The van der Waals surface area contributed by atoms with Crippen LogP contribution in [0.15, 0.2) is 72.9 Å². The molecule has 10 heteroatoms. The first-order chi connectivity index (χ1) is 22.4. The molecule has 1 fully saturated rings. The molecule has 0 N–H and O–H groups in total. The Hall–Kier alpha value is -4.99. The number of fused-ring (bicyclic) bond motifs is 3. The Kier molecular flexibility index (Phi) is 9.71. The van der Waals surface area contributed by atoms with Crippen LogP contribution >= 0.6 is 0 Å². The van der Waals surface area contributed by atoms with Crippen molar-refractivity contribution in [3.63, 3.8) is 0 Å². The van der Waals surface area contributed by atoms with Gasteiger partial charge in [0.1, 0.15) is 12.2 Å². The molecule has 1 aliphatic carbocycles. The van der Waals surface area contributed by atoms with E-state index in [1.807, 2.05) is 19.1 Å². The van der Waals surface area contributed by atoms with Gasteiger partial charge >= 0.3 is 17.9 Å². The van der Waals surface area contributed by atoms with Gasteiger partial charge in [-0.1, -0.05) is 24.3 Å². The standard InChI is InChI=1S/C36H36O10/c1-23-5-3-2-4-6-26-19-27(45-35(38)14-9-24-7-11-30-32(17-24)42-21-40-30)20-28(26)29(13-16-34(37)44-23)46-36(39)15-10-25-8-12-31-33(18-25)43-22-41-31/h4,6-18,23,26-29H,2-3,5,19-22H2,1H3/b6-4+,14-9+,15-10+,16-13?/t23-,26+,27-,28+,29+/m0/s1. The fourth-order valence-electron chi connectivity index (χ4n) is 6.02. The molecule has 3 heterocycles. The van der Waals surface area contributed by atoms with Crippen molar-refractivity contribution in [3.8, 4) is 23.0 Å². The highest BCUT2D eigenvalue weighted by Gasteiger charge is 2.40. The zero-order valence-corrected chi connectivity index (χ0v) is 25.5. The highest BCUT2D eigenvalue weighted by Crippen LogP contribution is 2.40. The molecule has 2 aromatic rings. The van der Waals surface area contributed by atoms with Crippen LogP contribution in [0.2, 0.25) is 0 Å². The van der Waals surface area contributed by atoms with E-state index in [2.05, 4.69) is 12.2 Å². The average Bonchev–Trinajstić information content (AvgIpc) is 3.80. The van der Waals surface area contributed by atoms with Crippen LogP contribution in [-0.2, 0) is 28.6 Å². The van der Waals surface area contributed by atoms with Gasteiger partial charge in [0.2, 0.25) is 13.6 Å². The Morgan fingerprint density at radius 2 is 1.43 bits per heavy atom. The maximum atomic E-state index is 13.1. The summed E-state index contributed by atoms with van der Waals surface area (Å²) in [6, 6.07) is 10.8. The van der Waals surface area contributed by atoms with Crippen LogP contribution in [0.25, 0.3) is 12.2 Å². The van der Waals surface area contributed by atoms with Crippen molar-refractivity contribution < 1.29 is 47.5 Å². The van der Waals surface area contributed by atoms with Gasteiger partial charge in [0.25, 0.3) is 0 Å². The predicted octanol–water partition coefficient (Wildman–Crippen LogP) is 5.95. The van der Waals surface area contributed by atoms with E-state index in [1.54, 1.807) is 42.5 Å². The van der Waals surface area contributed by atoms with E-state index in [4.69, 9.17) is 33.2 Å². The minimum Gasteiger partial charge on any atom is -0.460 e. The molecule has 5 atom stereocenters. The molecule has 0 aromatic heterocycles. The van der Waals surface area contributed by atoms with Crippen molar-refractivity contribution in [2.75, 3.05) is 13.6 Å². The molecular weight excluding hydrogens is 592 g/mol. The Labute approximate surface area is 267 Å². The predicted molar refractivity (Wildman–Crippen MR) is 167 cm³/mol. The largest absolute Gasteiger partial charge is 0.460 e. The molecule has 0 saturated heterocycles. The second-order valence-electron chi connectivity index (χ2n) is 11.6. The zero-order valence-electron chi connectivity index (χ0n) is 25.5. The van der Waals surface area contributed by atoms with Crippen molar-refractivity contribution in [1.82, 2.24) is 0 Å². The number of hydrogen-bond donors (Lipinski definition) is 0. The third-order valence-electron chi connectivity index (χ3n) is 8.30. The number of benzene rings is 2. The lowest BCUT2D eigenvalue weighted by Crippen LogP contribution is -2.27. The fourth-order valence-corrected chi connectivity index (χ4v) is 6.02. The van der Waals surface area contributed by atoms with E-state index >= 15 is 0 Å². The summed E-state index contributed by atoms with van der Waals surface area (Å²) in [7, 11) is 0. The normalized spacial score (nSPS) is 26.1. The number of esters is 3. The number of ether oxygens (including phenoxy) is 7. The molecule has 10 nitrogen and oxygen atoms in total. The number of allylic oxidation sites excluding steroid dienone is 2. The van der Waals surface area contributed by atoms with Gasteiger partial charge in [0, 0.05) is 24.1 Å². The lowest BCUT2D eigenvalue weighted by atomic mass is 9.89. The van der Waals surface area contributed by atoms with Crippen LogP contribution in [-0.4, -0.2) is 49.8 Å². The molecule has 2 aromatic carbocycles. The van der Waals surface area contributed by atoms with Crippen molar-refractivity contribution >= 4 is 30.1 Å². The first kappa shape index (κ1) is 31.0. The molecule has 1 saturated carbocycles. The first-order valence-corrected chi connectivity index (χ1v) is 15.5. The van der Waals surface area contributed by atoms with E-state index in [1.165, 1.54) is 18.2 Å². The smallest absolute Gasteiger partial charge is 0.331 e. The van der Waals surface area contributed by atoms with E-state index in [0.717, 1.165) is 30.4 Å². The summed E-state index contributed by atoms with van der Waals surface area (Å²) in [5, 5.41) is 0. The van der Waals surface area contributed by atoms with Crippen LogP contribution in [0, 0.1) is 11.8 Å². The summed E-state index contributed by atoms with van der Waals surface area (Å²) >= 11 is 0. The van der Waals surface area contributed by atoms with Crippen molar-refractivity contribution in [3.05, 3.63) is 84.0 Å². The molecule has 6 rings (SSSR count). The Balaban J connectivity index is 1.16. The summed E-state index contributed by atoms with van der Waals surface area (Å²) in [6.45, 7) is 2.19. The zero-order chi connectivity index (χ0) is 31.9. The van der Waals surface area contributed by atoms with E-state index < -0.39 is 30.1 Å². The van der Waals surface area contributed by atoms with Crippen LogP contribution in [0.3, 0.4) is 0 Å². The Morgan fingerprint density at radius 3 is 2.11 bits per heavy atom. The minimum atomic E-state index is -0.764. The molecule has 0 unspecified atom stereocenters. The summed E-state index contributed by atoms with van der Waals surface area (Å²) in [4.78, 5) is 38.5. The second-order valence-corrected chi connectivity index (χ2v) is 11.6. The van der Waals surface area contributed by atoms with Crippen molar-refractivity contribution in [2.45, 2.75) is 57.3 Å². The molecule has 46 heavy (non-hydrogen) atoms. The highest BCUT2D eigenvalue weighted by atomic mass is 16.7. The SMILES string of the molecule is C[C@H]1CCC/C=C/[C@@H]2C[C@H](OC(=O)/C=C/c3ccc4c(c3)OCO4)C[C@H]2[C@H](OC(=O)/C=C/c2ccc3c(c2)OCO3)C=CC(=O)O1. The first-order valence-electron chi connectivity index (χ1n) is 15.5. The van der Waals surface area contributed by atoms with Crippen molar-refractivity contribution in [2.24, 2.45) is 11.8 Å². The Bertz CT molecular complexity index is 1570. The van der Waals surface area contributed by atoms with Crippen molar-refractivity contribution in [1.29, 1.82) is 0 Å². The molecule has 0 bridgehead atoms. The number of cyclic esters (lactones) is 1. The second kappa shape index (κ2) is 14.4. The van der Waals surface area contributed by atoms with E-state index in [9.17, 15) is 14.4 Å². The quantitative estimate of drug-likeness (QED) is 0.165. The molecule has 0 amide bonds. The van der Waals surface area contributed by atoms with Gasteiger partial charge in [-0.3, -0.25) is 0 Å². The van der Waals surface area contributed by atoms with E-state index in [-0.39, 0.29) is 31.5 Å². The number of hydrogen-bond acceptors (Lipinski definition) is 10. The third-order valence-corrected chi connectivity index (χ3v) is 8.30. The van der Waals surface area contributed by atoms with Gasteiger partial charge in [-0.05, 0) is 98.6 Å². The molecule has 0 spiro atoms. The molecule has 0 radical (unpaired) electrons. The average molecular weight is 629 g/mol. The van der Waals surface area contributed by atoms with Crippen LogP contribution in [0.1, 0.15) is 50.2 Å². The summed E-state index contributed by atoms with van der Waals surface area (Å²) < 4.78 is 38.8. The van der Waals surface area contributed by atoms with Gasteiger partial charge in [0.05, 0.1) is 6.10 Å². The van der Waals surface area contributed by atoms with E-state index in [0.29, 0.717) is 35.8 Å². The minimum absolute atomic E-state index is 0.0508. The Morgan fingerprint density at radius 1 is 0.804 bits per heavy atom. The fraction of sp³-hybridized carbons (Fsp3) is 0.361. The maximum Gasteiger partial charge on any atom is 0.331 e.